The lowest BCUT2D eigenvalue weighted by Crippen LogP contribution is -2.25. The standard InChI is InChI=1S/C17H25N3/c1-4-10-18-16(13-17-19-11-12-20(17)3)15-8-6-14(5-2)7-9-15/h6-9,11-12,16,18H,4-5,10,13H2,1-3H3. The molecule has 1 heterocycles. The van der Waals surface area contributed by atoms with Crippen LogP contribution in [-0.2, 0) is 19.9 Å². The molecule has 0 radical (unpaired) electrons. The van der Waals surface area contributed by atoms with Gasteiger partial charge < -0.3 is 9.88 Å². The van der Waals surface area contributed by atoms with Crippen molar-refractivity contribution >= 4 is 0 Å². The number of imidazole rings is 1. The maximum atomic E-state index is 4.45. The molecule has 0 spiro atoms. The van der Waals surface area contributed by atoms with Crippen molar-refractivity contribution in [2.24, 2.45) is 7.05 Å². The third-order valence-corrected chi connectivity index (χ3v) is 3.74. The second-order valence-electron chi connectivity index (χ2n) is 5.26. The summed E-state index contributed by atoms with van der Waals surface area (Å²) in [4.78, 5) is 4.45. The highest BCUT2D eigenvalue weighted by Gasteiger charge is 2.13. The van der Waals surface area contributed by atoms with E-state index in [-0.39, 0.29) is 0 Å². The van der Waals surface area contributed by atoms with Gasteiger partial charge >= 0.3 is 0 Å². The molecule has 0 aliphatic rings. The quantitative estimate of drug-likeness (QED) is 0.837. The Balaban J connectivity index is 2.15. The SMILES string of the molecule is CCCNC(Cc1nccn1C)c1ccc(CC)cc1. The van der Waals surface area contributed by atoms with E-state index >= 15 is 0 Å². The molecule has 0 saturated heterocycles. The van der Waals surface area contributed by atoms with Crippen molar-refractivity contribution in [3.63, 3.8) is 0 Å². The molecule has 3 nitrogen and oxygen atoms in total. The van der Waals surface area contributed by atoms with Gasteiger partial charge in [-0.3, -0.25) is 0 Å². The molecule has 2 aromatic rings. The van der Waals surface area contributed by atoms with Gasteiger partial charge in [0.05, 0.1) is 0 Å². The molecule has 20 heavy (non-hydrogen) atoms. The molecule has 1 aromatic carbocycles. The molecule has 3 heteroatoms. The Hall–Kier alpha value is -1.61. The monoisotopic (exact) mass is 271 g/mol. The molecule has 0 aliphatic carbocycles. The number of rotatable bonds is 7. The number of hydrogen-bond acceptors (Lipinski definition) is 2. The summed E-state index contributed by atoms with van der Waals surface area (Å²) >= 11 is 0. The Morgan fingerprint density at radius 1 is 1.20 bits per heavy atom. The molecule has 1 N–H and O–H groups in total. The molecule has 0 aliphatic heterocycles. The molecule has 1 unspecified atom stereocenters. The first-order valence-electron chi connectivity index (χ1n) is 7.53. The van der Waals surface area contributed by atoms with E-state index in [2.05, 4.69) is 60.0 Å². The lowest BCUT2D eigenvalue weighted by molar-refractivity contribution is 0.512. The Bertz CT molecular complexity index is 513. The zero-order valence-corrected chi connectivity index (χ0v) is 12.8. The number of nitrogens with zero attached hydrogens (tertiary/aromatic N) is 2. The van der Waals surface area contributed by atoms with Gasteiger partial charge in [-0.25, -0.2) is 4.98 Å². The first-order chi connectivity index (χ1) is 9.74. The summed E-state index contributed by atoms with van der Waals surface area (Å²) in [5.74, 6) is 1.12. The Kier molecular flexibility index (Phi) is 5.36. The van der Waals surface area contributed by atoms with Gasteiger partial charge in [-0.15, -0.1) is 0 Å². The van der Waals surface area contributed by atoms with E-state index in [9.17, 15) is 0 Å². The predicted molar refractivity (Wildman–Crippen MR) is 83.8 cm³/mol. The number of aryl methyl sites for hydroxylation is 2. The fourth-order valence-corrected chi connectivity index (χ4v) is 2.39. The molecule has 0 fully saturated rings. The Morgan fingerprint density at radius 3 is 2.50 bits per heavy atom. The summed E-state index contributed by atoms with van der Waals surface area (Å²) in [5, 5.41) is 3.64. The van der Waals surface area contributed by atoms with E-state index in [0.29, 0.717) is 6.04 Å². The second kappa shape index (κ2) is 7.25. The third-order valence-electron chi connectivity index (χ3n) is 3.74. The topological polar surface area (TPSA) is 29.9 Å². The van der Waals surface area contributed by atoms with Gasteiger partial charge in [0.15, 0.2) is 0 Å². The lowest BCUT2D eigenvalue weighted by Gasteiger charge is -2.19. The van der Waals surface area contributed by atoms with Crippen molar-refractivity contribution in [3.05, 3.63) is 53.6 Å². The molecule has 108 valence electrons. The molecule has 2 rings (SSSR count). The predicted octanol–water partition coefficient (Wildman–Crippen LogP) is 3.27. The average molecular weight is 271 g/mol. The summed E-state index contributed by atoms with van der Waals surface area (Å²) in [6.45, 7) is 5.42. The zero-order valence-electron chi connectivity index (χ0n) is 12.8. The summed E-state index contributed by atoms with van der Waals surface area (Å²) in [7, 11) is 2.05. The molecule has 0 amide bonds. The van der Waals surface area contributed by atoms with Crippen LogP contribution in [0.1, 0.15) is 43.3 Å². The number of nitrogens with one attached hydrogen (secondary N) is 1. The molecule has 1 aromatic heterocycles. The average Bonchev–Trinajstić information content (AvgIpc) is 2.89. The van der Waals surface area contributed by atoms with Gasteiger partial charge in [0, 0.05) is 31.9 Å². The van der Waals surface area contributed by atoms with E-state index in [1.54, 1.807) is 0 Å². The minimum Gasteiger partial charge on any atom is -0.338 e. The molecule has 1 atom stereocenters. The first-order valence-corrected chi connectivity index (χ1v) is 7.53. The van der Waals surface area contributed by atoms with Gasteiger partial charge in [0.25, 0.3) is 0 Å². The van der Waals surface area contributed by atoms with E-state index in [4.69, 9.17) is 0 Å². The Labute approximate surface area is 122 Å². The van der Waals surface area contributed by atoms with Gasteiger partial charge in [-0.1, -0.05) is 38.1 Å². The fourth-order valence-electron chi connectivity index (χ4n) is 2.39. The highest BCUT2D eigenvalue weighted by molar-refractivity contribution is 5.25. The van der Waals surface area contributed by atoms with Crippen LogP contribution in [0.15, 0.2) is 36.7 Å². The number of benzene rings is 1. The summed E-state index contributed by atoms with van der Waals surface area (Å²) in [6.07, 6.45) is 7.03. The van der Waals surface area contributed by atoms with Gasteiger partial charge in [-0.05, 0) is 30.5 Å². The molecular formula is C17H25N3. The van der Waals surface area contributed by atoms with Gasteiger partial charge in [0.2, 0.25) is 0 Å². The van der Waals surface area contributed by atoms with Crippen LogP contribution in [0.4, 0.5) is 0 Å². The molecule has 0 bridgehead atoms. The van der Waals surface area contributed by atoms with Gasteiger partial charge in [0.1, 0.15) is 5.82 Å². The maximum absolute atomic E-state index is 4.45. The smallest absolute Gasteiger partial charge is 0.110 e. The van der Waals surface area contributed by atoms with Gasteiger partial charge in [-0.2, -0.15) is 0 Å². The van der Waals surface area contributed by atoms with Crippen LogP contribution in [0.2, 0.25) is 0 Å². The van der Waals surface area contributed by atoms with Crippen molar-refractivity contribution in [2.75, 3.05) is 6.54 Å². The normalized spacial score (nSPS) is 12.6. The largest absolute Gasteiger partial charge is 0.338 e. The van der Waals surface area contributed by atoms with Crippen LogP contribution in [-0.4, -0.2) is 16.1 Å². The van der Waals surface area contributed by atoms with Crippen molar-refractivity contribution < 1.29 is 0 Å². The van der Waals surface area contributed by atoms with Crippen LogP contribution in [0.5, 0.6) is 0 Å². The van der Waals surface area contributed by atoms with Crippen molar-refractivity contribution in [1.29, 1.82) is 0 Å². The second-order valence-corrected chi connectivity index (χ2v) is 5.26. The van der Waals surface area contributed by atoms with Crippen LogP contribution in [0.3, 0.4) is 0 Å². The van der Waals surface area contributed by atoms with E-state index in [1.807, 2.05) is 12.4 Å². The van der Waals surface area contributed by atoms with Crippen LogP contribution in [0.25, 0.3) is 0 Å². The third kappa shape index (κ3) is 3.70. The molecular weight excluding hydrogens is 246 g/mol. The van der Waals surface area contributed by atoms with Crippen LogP contribution < -0.4 is 5.32 Å². The summed E-state index contributed by atoms with van der Waals surface area (Å²) < 4.78 is 2.10. The molecule has 0 saturated carbocycles. The van der Waals surface area contributed by atoms with Crippen molar-refractivity contribution in [2.45, 2.75) is 39.2 Å². The number of hydrogen-bond donors (Lipinski definition) is 1. The maximum Gasteiger partial charge on any atom is 0.110 e. The van der Waals surface area contributed by atoms with Crippen LogP contribution in [0, 0.1) is 0 Å². The Morgan fingerprint density at radius 2 is 1.95 bits per heavy atom. The van der Waals surface area contributed by atoms with E-state index < -0.39 is 0 Å². The minimum absolute atomic E-state index is 0.335. The lowest BCUT2D eigenvalue weighted by atomic mass is 10.0. The minimum atomic E-state index is 0.335. The summed E-state index contributed by atoms with van der Waals surface area (Å²) in [5.41, 5.74) is 2.73. The van der Waals surface area contributed by atoms with Crippen LogP contribution >= 0.6 is 0 Å². The van der Waals surface area contributed by atoms with E-state index in [1.165, 1.54) is 11.1 Å². The highest BCUT2D eigenvalue weighted by atomic mass is 15.0. The highest BCUT2D eigenvalue weighted by Crippen LogP contribution is 2.18. The summed E-state index contributed by atoms with van der Waals surface area (Å²) in [6, 6.07) is 9.29. The van der Waals surface area contributed by atoms with Crippen molar-refractivity contribution in [1.82, 2.24) is 14.9 Å². The zero-order chi connectivity index (χ0) is 14.4. The fraction of sp³-hybridized carbons (Fsp3) is 0.471. The first kappa shape index (κ1) is 14.8. The van der Waals surface area contributed by atoms with E-state index in [0.717, 1.165) is 31.6 Å². The van der Waals surface area contributed by atoms with Crippen molar-refractivity contribution in [3.8, 4) is 0 Å². The number of aromatic nitrogens is 2.